The number of aliphatic carboxylic acids is 1. The summed E-state index contributed by atoms with van der Waals surface area (Å²) in [4.78, 5) is 10.8. The van der Waals surface area contributed by atoms with Crippen LogP contribution in [-0.4, -0.2) is 23.2 Å². The van der Waals surface area contributed by atoms with E-state index in [1.54, 1.807) is 6.92 Å². The minimum Gasteiger partial charge on any atom is -0.481 e. The lowest BCUT2D eigenvalue weighted by Crippen LogP contribution is -2.43. The zero-order chi connectivity index (χ0) is 10.7. The highest BCUT2D eigenvalue weighted by atomic mass is 16.4. The summed E-state index contributed by atoms with van der Waals surface area (Å²) in [6.45, 7) is 5.96. The van der Waals surface area contributed by atoms with Crippen molar-refractivity contribution in [2.75, 3.05) is 0 Å². The third-order valence-electron chi connectivity index (χ3n) is 3.48. The molecule has 3 heteroatoms. The number of carboxylic acids is 1. The molecule has 2 N–H and O–H groups in total. The van der Waals surface area contributed by atoms with Gasteiger partial charge in [-0.3, -0.25) is 4.79 Å². The van der Waals surface area contributed by atoms with Crippen molar-refractivity contribution in [3.8, 4) is 0 Å². The van der Waals surface area contributed by atoms with Crippen LogP contribution in [0.4, 0.5) is 0 Å². The average molecular weight is 199 g/mol. The van der Waals surface area contributed by atoms with Crippen LogP contribution in [0.2, 0.25) is 0 Å². The maximum Gasteiger partial charge on any atom is 0.307 e. The predicted octanol–water partition coefficient (Wildman–Crippen LogP) is 1.87. The van der Waals surface area contributed by atoms with E-state index in [-0.39, 0.29) is 12.0 Å². The van der Waals surface area contributed by atoms with Crippen LogP contribution >= 0.6 is 0 Å². The molecule has 1 fully saturated rings. The van der Waals surface area contributed by atoms with Gasteiger partial charge >= 0.3 is 5.97 Å². The lowest BCUT2D eigenvalue weighted by Gasteiger charge is -2.25. The Morgan fingerprint density at radius 1 is 1.43 bits per heavy atom. The topological polar surface area (TPSA) is 49.3 Å². The number of hydrogen-bond acceptors (Lipinski definition) is 2. The van der Waals surface area contributed by atoms with Gasteiger partial charge in [0.05, 0.1) is 5.92 Å². The van der Waals surface area contributed by atoms with Crippen LogP contribution in [0.3, 0.4) is 0 Å². The summed E-state index contributed by atoms with van der Waals surface area (Å²) in [7, 11) is 0. The van der Waals surface area contributed by atoms with Crippen LogP contribution in [0.5, 0.6) is 0 Å². The second-order valence-electron chi connectivity index (χ2n) is 4.60. The summed E-state index contributed by atoms with van der Waals surface area (Å²) in [6.07, 6.45) is 3.73. The molecule has 1 aliphatic carbocycles. The smallest absolute Gasteiger partial charge is 0.307 e. The normalized spacial score (nSPS) is 31.4. The molecule has 82 valence electrons. The van der Waals surface area contributed by atoms with Crippen molar-refractivity contribution >= 4 is 5.97 Å². The van der Waals surface area contributed by atoms with Gasteiger partial charge in [-0.25, -0.2) is 0 Å². The molecule has 0 aliphatic heterocycles. The SMILES string of the molecule is CC1CCCC1NC(C)C(C)C(=O)O. The van der Waals surface area contributed by atoms with Crippen LogP contribution in [0.1, 0.15) is 40.0 Å². The molecule has 0 aromatic carbocycles. The van der Waals surface area contributed by atoms with Crippen molar-refractivity contribution in [3.05, 3.63) is 0 Å². The van der Waals surface area contributed by atoms with E-state index in [1.807, 2.05) is 6.92 Å². The maximum atomic E-state index is 10.8. The third kappa shape index (κ3) is 2.71. The monoisotopic (exact) mass is 199 g/mol. The minimum absolute atomic E-state index is 0.0676. The fourth-order valence-electron chi connectivity index (χ4n) is 2.09. The molecule has 0 amide bonds. The molecule has 3 nitrogen and oxygen atoms in total. The largest absolute Gasteiger partial charge is 0.481 e. The van der Waals surface area contributed by atoms with Crippen molar-refractivity contribution < 1.29 is 9.90 Å². The molecule has 0 spiro atoms. The highest BCUT2D eigenvalue weighted by Gasteiger charge is 2.27. The van der Waals surface area contributed by atoms with Gasteiger partial charge in [0.25, 0.3) is 0 Å². The molecule has 1 rings (SSSR count). The molecule has 4 atom stereocenters. The molecule has 4 unspecified atom stereocenters. The standard InChI is InChI=1S/C11H21NO2/c1-7-5-4-6-10(7)12-9(3)8(2)11(13)14/h7-10,12H,4-6H2,1-3H3,(H,13,14). The fraction of sp³-hybridized carbons (Fsp3) is 0.909. The van der Waals surface area contributed by atoms with Crippen LogP contribution in [-0.2, 0) is 4.79 Å². The fourth-order valence-corrected chi connectivity index (χ4v) is 2.09. The van der Waals surface area contributed by atoms with E-state index in [0.717, 1.165) is 0 Å². The van der Waals surface area contributed by atoms with Crippen LogP contribution in [0.15, 0.2) is 0 Å². The highest BCUT2D eigenvalue weighted by Crippen LogP contribution is 2.25. The molecule has 0 saturated heterocycles. The first-order chi connectivity index (χ1) is 6.52. The summed E-state index contributed by atoms with van der Waals surface area (Å²) < 4.78 is 0. The molecule has 14 heavy (non-hydrogen) atoms. The van der Waals surface area contributed by atoms with Gasteiger partial charge in [-0.15, -0.1) is 0 Å². The second-order valence-corrected chi connectivity index (χ2v) is 4.60. The van der Waals surface area contributed by atoms with Crippen molar-refractivity contribution in [2.24, 2.45) is 11.8 Å². The highest BCUT2D eigenvalue weighted by molar-refractivity contribution is 5.70. The number of carboxylic acid groups (broad SMARTS) is 1. The number of carbonyl (C=O) groups is 1. The van der Waals surface area contributed by atoms with Crippen molar-refractivity contribution in [3.63, 3.8) is 0 Å². The molecular weight excluding hydrogens is 178 g/mol. The van der Waals surface area contributed by atoms with Gasteiger partial charge in [-0.1, -0.05) is 20.3 Å². The summed E-state index contributed by atoms with van der Waals surface area (Å²) in [5.74, 6) is -0.322. The minimum atomic E-state index is -0.712. The summed E-state index contributed by atoms with van der Waals surface area (Å²) in [5.41, 5.74) is 0. The van der Waals surface area contributed by atoms with Gasteiger partial charge in [0.2, 0.25) is 0 Å². The van der Waals surface area contributed by atoms with E-state index in [2.05, 4.69) is 12.2 Å². The van der Waals surface area contributed by atoms with Gasteiger partial charge in [-0.05, 0) is 25.7 Å². The Morgan fingerprint density at radius 3 is 2.50 bits per heavy atom. The van der Waals surface area contributed by atoms with Crippen molar-refractivity contribution in [1.29, 1.82) is 0 Å². The molecule has 0 aromatic heterocycles. The number of rotatable bonds is 4. The molecule has 0 aromatic rings. The van der Waals surface area contributed by atoms with Gasteiger partial charge < -0.3 is 10.4 Å². The lowest BCUT2D eigenvalue weighted by atomic mass is 10.00. The number of hydrogen-bond donors (Lipinski definition) is 2. The van der Waals surface area contributed by atoms with E-state index in [9.17, 15) is 4.79 Å². The Kier molecular flexibility index (Phi) is 3.93. The first-order valence-corrected chi connectivity index (χ1v) is 5.51. The Bertz CT molecular complexity index is 205. The van der Waals surface area contributed by atoms with E-state index >= 15 is 0 Å². The first kappa shape index (κ1) is 11.5. The lowest BCUT2D eigenvalue weighted by molar-refractivity contribution is -0.142. The van der Waals surface area contributed by atoms with Crippen LogP contribution < -0.4 is 5.32 Å². The first-order valence-electron chi connectivity index (χ1n) is 5.51. The van der Waals surface area contributed by atoms with Crippen molar-refractivity contribution in [2.45, 2.75) is 52.1 Å². The number of nitrogens with one attached hydrogen (secondary N) is 1. The van der Waals surface area contributed by atoms with E-state index in [1.165, 1.54) is 19.3 Å². The van der Waals surface area contributed by atoms with Gasteiger partial charge in [0.1, 0.15) is 0 Å². The van der Waals surface area contributed by atoms with Crippen LogP contribution in [0, 0.1) is 11.8 Å². The summed E-state index contributed by atoms with van der Waals surface area (Å²) in [6, 6.07) is 0.588. The Hall–Kier alpha value is -0.570. The molecule has 0 heterocycles. The molecule has 0 bridgehead atoms. The third-order valence-corrected chi connectivity index (χ3v) is 3.48. The Labute approximate surface area is 85.9 Å². The average Bonchev–Trinajstić information content (AvgIpc) is 2.50. The predicted molar refractivity (Wildman–Crippen MR) is 56.2 cm³/mol. The van der Waals surface area contributed by atoms with E-state index in [0.29, 0.717) is 12.0 Å². The Morgan fingerprint density at radius 2 is 2.07 bits per heavy atom. The van der Waals surface area contributed by atoms with Gasteiger partial charge in [-0.2, -0.15) is 0 Å². The Balaban J connectivity index is 2.39. The second kappa shape index (κ2) is 4.78. The van der Waals surface area contributed by atoms with E-state index < -0.39 is 5.97 Å². The quantitative estimate of drug-likeness (QED) is 0.726. The molecular formula is C11H21NO2. The zero-order valence-electron chi connectivity index (χ0n) is 9.29. The van der Waals surface area contributed by atoms with Crippen molar-refractivity contribution in [1.82, 2.24) is 5.32 Å². The molecule has 1 aliphatic rings. The van der Waals surface area contributed by atoms with Gasteiger partial charge in [0, 0.05) is 12.1 Å². The molecule has 1 saturated carbocycles. The zero-order valence-corrected chi connectivity index (χ0v) is 9.29. The van der Waals surface area contributed by atoms with Crippen LogP contribution in [0.25, 0.3) is 0 Å². The molecule has 0 radical (unpaired) electrons. The van der Waals surface area contributed by atoms with Gasteiger partial charge in [0.15, 0.2) is 0 Å². The maximum absolute atomic E-state index is 10.8. The van der Waals surface area contributed by atoms with E-state index in [4.69, 9.17) is 5.11 Å². The summed E-state index contributed by atoms with van der Waals surface area (Å²) >= 11 is 0. The summed E-state index contributed by atoms with van der Waals surface area (Å²) in [5, 5.41) is 12.3.